The number of hydrogen-bond acceptors (Lipinski definition) is 4. The fraction of sp³-hybridized carbons (Fsp3) is 0.188. The molecule has 0 spiro atoms. The second-order valence-corrected chi connectivity index (χ2v) is 6.02. The normalized spacial score (nSPS) is 13.9. The lowest BCUT2D eigenvalue weighted by Gasteiger charge is -2.24. The van der Waals surface area contributed by atoms with Gasteiger partial charge in [0.2, 0.25) is 5.91 Å². The third-order valence-corrected chi connectivity index (χ3v) is 4.10. The maximum absolute atomic E-state index is 12.3. The van der Waals surface area contributed by atoms with Crippen molar-refractivity contribution >= 4 is 46.5 Å². The number of halogens is 2. The number of benzene rings is 1. The minimum Gasteiger partial charge on any atom is -0.380 e. The van der Waals surface area contributed by atoms with Crippen molar-refractivity contribution in [3.8, 4) is 0 Å². The van der Waals surface area contributed by atoms with Crippen molar-refractivity contribution < 1.29 is 14.3 Å². The van der Waals surface area contributed by atoms with Gasteiger partial charge in [0.25, 0.3) is 5.91 Å². The van der Waals surface area contributed by atoms with E-state index in [0.717, 1.165) is 0 Å². The summed E-state index contributed by atoms with van der Waals surface area (Å²) < 4.78 is 4.98. The molecule has 6 nitrogen and oxygen atoms in total. The first-order valence-electron chi connectivity index (χ1n) is 7.14. The van der Waals surface area contributed by atoms with Crippen molar-refractivity contribution in [3.63, 3.8) is 0 Å². The number of anilines is 2. The number of amides is 2. The van der Waals surface area contributed by atoms with E-state index in [1.54, 1.807) is 30.3 Å². The van der Waals surface area contributed by atoms with Crippen LogP contribution in [0.15, 0.2) is 36.5 Å². The molecule has 2 heterocycles. The summed E-state index contributed by atoms with van der Waals surface area (Å²) in [5, 5.41) is 5.89. The third-order valence-electron chi connectivity index (χ3n) is 3.47. The van der Waals surface area contributed by atoms with Crippen LogP contribution in [0.4, 0.5) is 11.5 Å². The Labute approximate surface area is 148 Å². The van der Waals surface area contributed by atoms with Crippen molar-refractivity contribution in [3.05, 3.63) is 52.1 Å². The summed E-state index contributed by atoms with van der Waals surface area (Å²) in [6.45, 7) is 0.820. The zero-order valence-electron chi connectivity index (χ0n) is 12.4. The van der Waals surface area contributed by atoms with E-state index in [0.29, 0.717) is 24.7 Å². The molecule has 24 heavy (non-hydrogen) atoms. The molecule has 0 aliphatic carbocycles. The quantitative estimate of drug-likeness (QED) is 0.871. The van der Waals surface area contributed by atoms with E-state index in [4.69, 9.17) is 27.9 Å². The van der Waals surface area contributed by atoms with E-state index in [1.165, 1.54) is 6.20 Å². The third kappa shape index (κ3) is 3.67. The molecule has 1 fully saturated rings. The summed E-state index contributed by atoms with van der Waals surface area (Å²) in [5.41, 5.74) is 0.654. The van der Waals surface area contributed by atoms with Crippen molar-refractivity contribution in [2.24, 2.45) is 5.92 Å². The van der Waals surface area contributed by atoms with Crippen LogP contribution in [0, 0.1) is 5.92 Å². The fourth-order valence-corrected chi connectivity index (χ4v) is 2.67. The molecule has 3 rings (SSSR count). The highest BCUT2D eigenvalue weighted by Crippen LogP contribution is 2.25. The van der Waals surface area contributed by atoms with E-state index in [2.05, 4.69) is 15.6 Å². The highest BCUT2D eigenvalue weighted by atomic mass is 35.5. The molecular weight excluding hydrogens is 353 g/mol. The average Bonchev–Trinajstić information content (AvgIpc) is 2.45. The molecule has 1 aromatic carbocycles. The first kappa shape index (κ1) is 16.7. The number of nitrogens with one attached hydrogen (secondary N) is 2. The van der Waals surface area contributed by atoms with Gasteiger partial charge in [0.15, 0.2) is 0 Å². The van der Waals surface area contributed by atoms with Gasteiger partial charge < -0.3 is 15.4 Å². The van der Waals surface area contributed by atoms with E-state index in [-0.39, 0.29) is 27.4 Å². The van der Waals surface area contributed by atoms with Crippen LogP contribution in [0.3, 0.4) is 0 Å². The number of pyridine rings is 1. The van der Waals surface area contributed by atoms with Crippen LogP contribution in [0.5, 0.6) is 0 Å². The summed E-state index contributed by atoms with van der Waals surface area (Å²) in [5.74, 6) is -0.422. The molecule has 1 aromatic heterocycles. The fourth-order valence-electron chi connectivity index (χ4n) is 2.10. The molecule has 2 amide bonds. The van der Waals surface area contributed by atoms with Crippen molar-refractivity contribution in [2.75, 3.05) is 23.8 Å². The van der Waals surface area contributed by atoms with Gasteiger partial charge in [-0.25, -0.2) is 4.98 Å². The molecule has 124 valence electrons. The van der Waals surface area contributed by atoms with Gasteiger partial charge in [-0.2, -0.15) is 0 Å². The Morgan fingerprint density at radius 2 is 1.83 bits per heavy atom. The Bertz CT molecular complexity index is 774. The van der Waals surface area contributed by atoms with Crippen LogP contribution in [0.1, 0.15) is 10.4 Å². The number of nitrogens with zero attached hydrogens (tertiary/aromatic N) is 1. The molecule has 0 atom stereocenters. The number of ether oxygens (including phenoxy) is 1. The summed E-state index contributed by atoms with van der Waals surface area (Å²) in [4.78, 5) is 28.3. The summed E-state index contributed by atoms with van der Waals surface area (Å²) in [6.07, 6.45) is 1.48. The van der Waals surface area contributed by atoms with Gasteiger partial charge in [0.1, 0.15) is 5.82 Å². The van der Waals surface area contributed by atoms with Crippen molar-refractivity contribution in [1.82, 2.24) is 4.98 Å². The monoisotopic (exact) mass is 365 g/mol. The average molecular weight is 366 g/mol. The molecule has 2 aromatic rings. The zero-order valence-corrected chi connectivity index (χ0v) is 13.9. The molecule has 1 aliphatic heterocycles. The highest BCUT2D eigenvalue weighted by Gasteiger charge is 2.26. The molecule has 0 radical (unpaired) electrons. The van der Waals surface area contributed by atoms with Gasteiger partial charge in [-0.3, -0.25) is 9.59 Å². The highest BCUT2D eigenvalue weighted by molar-refractivity contribution is 6.40. The molecule has 8 heteroatoms. The van der Waals surface area contributed by atoms with Crippen LogP contribution in [-0.4, -0.2) is 30.0 Å². The summed E-state index contributed by atoms with van der Waals surface area (Å²) in [6, 6.07) is 7.99. The number of rotatable bonds is 4. The molecule has 1 aliphatic rings. The van der Waals surface area contributed by atoms with Gasteiger partial charge in [0, 0.05) is 18.0 Å². The van der Waals surface area contributed by atoms with Gasteiger partial charge >= 0.3 is 0 Å². The largest absolute Gasteiger partial charge is 0.380 e. The van der Waals surface area contributed by atoms with E-state index < -0.39 is 5.91 Å². The Hall–Kier alpha value is -2.15. The molecular formula is C16H13Cl2N3O3. The topological polar surface area (TPSA) is 80.3 Å². The zero-order chi connectivity index (χ0) is 17.1. The molecule has 0 bridgehead atoms. The van der Waals surface area contributed by atoms with E-state index in [1.807, 2.05) is 0 Å². The second kappa shape index (κ2) is 7.17. The van der Waals surface area contributed by atoms with E-state index >= 15 is 0 Å². The van der Waals surface area contributed by atoms with Crippen LogP contribution in [0.2, 0.25) is 10.0 Å². The predicted octanol–water partition coefficient (Wildman–Crippen LogP) is 3.23. The van der Waals surface area contributed by atoms with Gasteiger partial charge in [-0.1, -0.05) is 29.3 Å². The van der Waals surface area contributed by atoms with Crippen molar-refractivity contribution in [2.45, 2.75) is 0 Å². The minimum absolute atomic E-state index is 0.160. The van der Waals surface area contributed by atoms with Crippen LogP contribution in [-0.2, 0) is 9.53 Å². The summed E-state index contributed by atoms with van der Waals surface area (Å²) >= 11 is 12.0. The summed E-state index contributed by atoms with van der Waals surface area (Å²) in [7, 11) is 0. The molecule has 0 unspecified atom stereocenters. The van der Waals surface area contributed by atoms with Crippen LogP contribution < -0.4 is 10.6 Å². The number of aromatic nitrogens is 1. The minimum atomic E-state index is -0.443. The molecule has 1 saturated heterocycles. The Morgan fingerprint density at radius 3 is 2.46 bits per heavy atom. The first-order chi connectivity index (χ1) is 11.5. The Balaban J connectivity index is 1.72. The lowest BCUT2D eigenvalue weighted by molar-refractivity contribution is -0.133. The van der Waals surface area contributed by atoms with Gasteiger partial charge in [-0.15, -0.1) is 0 Å². The van der Waals surface area contributed by atoms with Crippen LogP contribution in [0.25, 0.3) is 0 Å². The van der Waals surface area contributed by atoms with E-state index in [9.17, 15) is 9.59 Å². The first-order valence-corrected chi connectivity index (χ1v) is 7.90. The molecule has 2 N–H and O–H groups in total. The Morgan fingerprint density at radius 1 is 1.12 bits per heavy atom. The maximum Gasteiger partial charge on any atom is 0.258 e. The van der Waals surface area contributed by atoms with Crippen LogP contribution >= 0.6 is 23.2 Å². The lowest BCUT2D eigenvalue weighted by atomic mass is 10.1. The predicted molar refractivity (Wildman–Crippen MR) is 91.6 cm³/mol. The van der Waals surface area contributed by atoms with Gasteiger partial charge in [0.05, 0.1) is 34.7 Å². The number of carbonyl (C=O) groups excluding carboxylic acids is 2. The molecule has 0 saturated carbocycles. The van der Waals surface area contributed by atoms with Gasteiger partial charge in [-0.05, 0) is 18.2 Å². The Kier molecular flexibility index (Phi) is 4.99. The SMILES string of the molecule is O=C(Nc1ccnc(NC(=O)C2COC2)c1)c1c(Cl)cccc1Cl. The standard InChI is InChI=1S/C16H13Cl2N3O3/c17-11-2-1-3-12(18)14(11)16(23)20-10-4-5-19-13(6-10)21-15(22)9-7-24-8-9/h1-6,9H,7-8H2,(H2,19,20,21,22,23). The lowest BCUT2D eigenvalue weighted by Crippen LogP contribution is -2.38. The smallest absolute Gasteiger partial charge is 0.258 e. The number of carbonyl (C=O) groups is 2. The van der Waals surface area contributed by atoms with Crippen molar-refractivity contribution in [1.29, 1.82) is 0 Å². The maximum atomic E-state index is 12.3. The number of hydrogen-bond donors (Lipinski definition) is 2. The second-order valence-electron chi connectivity index (χ2n) is 5.20.